The summed E-state index contributed by atoms with van der Waals surface area (Å²) in [6.45, 7) is 6.32. The Kier molecular flexibility index (Phi) is 4.35. The normalized spacial score (nSPS) is 13.2. The van der Waals surface area contributed by atoms with Crippen molar-refractivity contribution in [3.63, 3.8) is 0 Å². The number of carboxylic acids is 1. The minimum atomic E-state index is -1.00. The van der Waals surface area contributed by atoms with E-state index in [9.17, 15) is 4.79 Å². The predicted octanol–water partition coefficient (Wildman–Crippen LogP) is 1.95. The molecule has 0 amide bonds. The van der Waals surface area contributed by atoms with Crippen molar-refractivity contribution < 1.29 is 14.6 Å². The van der Waals surface area contributed by atoms with Gasteiger partial charge in [0, 0.05) is 6.42 Å². The summed E-state index contributed by atoms with van der Waals surface area (Å²) in [5.41, 5.74) is 7.55. The highest BCUT2D eigenvalue weighted by Crippen LogP contribution is 2.28. The molecule has 0 fully saturated rings. The molecule has 1 aromatic rings. The van der Waals surface area contributed by atoms with Crippen LogP contribution >= 0.6 is 0 Å². The van der Waals surface area contributed by atoms with Gasteiger partial charge in [-0.15, -0.1) is 0 Å². The predicted molar refractivity (Wildman–Crippen MR) is 71.0 cm³/mol. The van der Waals surface area contributed by atoms with Crippen LogP contribution in [-0.4, -0.2) is 24.2 Å². The maximum atomic E-state index is 10.8. The van der Waals surface area contributed by atoms with Crippen LogP contribution < -0.4 is 10.5 Å². The Balaban J connectivity index is 3.10. The fourth-order valence-corrected chi connectivity index (χ4v) is 1.73. The fraction of sp³-hybridized carbons (Fsp3) is 0.500. The lowest BCUT2D eigenvalue weighted by Gasteiger charge is -2.21. The van der Waals surface area contributed by atoms with E-state index in [0.717, 1.165) is 11.1 Å². The van der Waals surface area contributed by atoms with Crippen LogP contribution in [0.15, 0.2) is 18.2 Å². The lowest BCUT2D eigenvalue weighted by atomic mass is 9.85. The maximum Gasteiger partial charge on any atom is 0.320 e. The Labute approximate surface area is 108 Å². The molecule has 0 bridgehead atoms. The van der Waals surface area contributed by atoms with E-state index >= 15 is 0 Å². The molecule has 0 aliphatic carbocycles. The van der Waals surface area contributed by atoms with E-state index in [4.69, 9.17) is 15.6 Å². The second kappa shape index (κ2) is 5.40. The van der Waals surface area contributed by atoms with E-state index in [0.29, 0.717) is 5.75 Å². The van der Waals surface area contributed by atoms with Crippen LogP contribution in [0, 0.1) is 0 Å². The second-order valence-electron chi connectivity index (χ2n) is 5.43. The van der Waals surface area contributed by atoms with Crippen LogP contribution in [0.4, 0.5) is 0 Å². The molecule has 0 aliphatic rings. The number of ether oxygens (including phenoxy) is 1. The zero-order valence-corrected chi connectivity index (χ0v) is 11.4. The van der Waals surface area contributed by atoms with Gasteiger partial charge in [-0.1, -0.05) is 32.9 Å². The van der Waals surface area contributed by atoms with Gasteiger partial charge in [-0.05, 0) is 22.6 Å². The monoisotopic (exact) mass is 251 g/mol. The zero-order valence-electron chi connectivity index (χ0n) is 11.4. The summed E-state index contributed by atoms with van der Waals surface area (Å²) < 4.78 is 5.25. The van der Waals surface area contributed by atoms with Gasteiger partial charge in [0.2, 0.25) is 0 Å². The van der Waals surface area contributed by atoms with Crippen molar-refractivity contribution in [2.24, 2.45) is 5.73 Å². The molecule has 1 rings (SSSR count). The quantitative estimate of drug-likeness (QED) is 0.857. The summed E-state index contributed by atoms with van der Waals surface area (Å²) in [5, 5.41) is 8.87. The topological polar surface area (TPSA) is 72.5 Å². The van der Waals surface area contributed by atoms with Crippen LogP contribution in [0.3, 0.4) is 0 Å². The largest absolute Gasteiger partial charge is 0.496 e. The van der Waals surface area contributed by atoms with Crippen molar-refractivity contribution in [2.75, 3.05) is 7.11 Å². The number of hydrogen-bond donors (Lipinski definition) is 2. The molecule has 0 saturated carbocycles. The highest BCUT2D eigenvalue weighted by atomic mass is 16.5. The third-order valence-corrected chi connectivity index (χ3v) is 2.90. The van der Waals surface area contributed by atoms with E-state index in [-0.39, 0.29) is 11.8 Å². The Hall–Kier alpha value is -1.55. The maximum absolute atomic E-state index is 10.8. The molecule has 0 aliphatic heterocycles. The van der Waals surface area contributed by atoms with Crippen molar-refractivity contribution in [2.45, 2.75) is 38.6 Å². The van der Waals surface area contributed by atoms with Crippen LogP contribution in [0.5, 0.6) is 5.75 Å². The smallest absolute Gasteiger partial charge is 0.320 e. The van der Waals surface area contributed by atoms with Crippen molar-refractivity contribution in [3.05, 3.63) is 29.3 Å². The first-order valence-corrected chi connectivity index (χ1v) is 5.91. The molecule has 4 nitrogen and oxygen atoms in total. The molecule has 0 spiro atoms. The summed E-state index contributed by atoms with van der Waals surface area (Å²) in [5.74, 6) is -0.321. The van der Waals surface area contributed by atoms with Gasteiger partial charge < -0.3 is 15.6 Å². The lowest BCUT2D eigenvalue weighted by molar-refractivity contribution is -0.138. The Morgan fingerprint density at radius 3 is 2.50 bits per heavy atom. The minimum absolute atomic E-state index is 0.00827. The molecule has 4 heteroatoms. The molecule has 0 aromatic heterocycles. The van der Waals surface area contributed by atoms with E-state index in [1.807, 2.05) is 18.2 Å². The van der Waals surface area contributed by atoms with Crippen LogP contribution in [0.2, 0.25) is 0 Å². The molecule has 18 heavy (non-hydrogen) atoms. The van der Waals surface area contributed by atoms with Gasteiger partial charge in [-0.25, -0.2) is 0 Å². The molecule has 100 valence electrons. The summed E-state index contributed by atoms with van der Waals surface area (Å²) in [6.07, 6.45) is 0.266. The SMILES string of the molecule is COc1ccc(C(C)(C)C)cc1C[C@@H](N)C(=O)O. The summed E-state index contributed by atoms with van der Waals surface area (Å²) >= 11 is 0. The van der Waals surface area contributed by atoms with Crippen LogP contribution in [0.1, 0.15) is 31.9 Å². The first-order valence-electron chi connectivity index (χ1n) is 5.91. The van der Waals surface area contributed by atoms with Gasteiger partial charge in [-0.3, -0.25) is 4.79 Å². The molecule has 1 atom stereocenters. The van der Waals surface area contributed by atoms with Crippen LogP contribution in [0.25, 0.3) is 0 Å². The standard InChI is InChI=1S/C14H21NO3/c1-14(2,3)10-5-6-12(18-4)9(7-10)8-11(15)13(16)17/h5-7,11H,8,15H2,1-4H3,(H,16,17)/t11-/m1/s1. The number of carbonyl (C=O) groups is 1. The number of benzene rings is 1. The Morgan fingerprint density at radius 1 is 1.44 bits per heavy atom. The van der Waals surface area contributed by atoms with E-state index < -0.39 is 12.0 Å². The first kappa shape index (κ1) is 14.5. The third-order valence-electron chi connectivity index (χ3n) is 2.90. The van der Waals surface area contributed by atoms with Crippen molar-refractivity contribution in [1.29, 1.82) is 0 Å². The summed E-state index contributed by atoms with van der Waals surface area (Å²) in [6, 6.07) is 4.93. The van der Waals surface area contributed by atoms with Gasteiger partial charge in [-0.2, -0.15) is 0 Å². The minimum Gasteiger partial charge on any atom is -0.496 e. The van der Waals surface area contributed by atoms with Gasteiger partial charge >= 0.3 is 5.97 Å². The van der Waals surface area contributed by atoms with Gasteiger partial charge in [0.15, 0.2) is 0 Å². The number of carboxylic acid groups (broad SMARTS) is 1. The number of hydrogen-bond acceptors (Lipinski definition) is 3. The van der Waals surface area contributed by atoms with Crippen molar-refractivity contribution in [1.82, 2.24) is 0 Å². The van der Waals surface area contributed by atoms with Crippen LogP contribution in [-0.2, 0) is 16.6 Å². The Bertz CT molecular complexity index is 435. The summed E-state index contributed by atoms with van der Waals surface area (Å²) in [7, 11) is 1.57. The van der Waals surface area contributed by atoms with Crippen molar-refractivity contribution in [3.8, 4) is 5.75 Å². The molecule has 0 saturated heterocycles. The number of rotatable bonds is 4. The Morgan fingerprint density at radius 2 is 2.06 bits per heavy atom. The van der Waals surface area contributed by atoms with E-state index in [1.54, 1.807) is 7.11 Å². The number of methoxy groups -OCH3 is 1. The summed E-state index contributed by atoms with van der Waals surface area (Å²) in [4.78, 5) is 10.8. The number of nitrogens with two attached hydrogens (primary N) is 1. The van der Waals surface area contributed by atoms with Gasteiger partial charge in [0.1, 0.15) is 11.8 Å². The number of aliphatic carboxylic acids is 1. The molecular formula is C14H21NO3. The fourth-order valence-electron chi connectivity index (χ4n) is 1.73. The van der Waals surface area contributed by atoms with Gasteiger partial charge in [0.05, 0.1) is 7.11 Å². The average Bonchev–Trinajstić information content (AvgIpc) is 2.27. The highest BCUT2D eigenvalue weighted by Gasteiger charge is 2.19. The zero-order chi connectivity index (χ0) is 13.9. The lowest BCUT2D eigenvalue weighted by Crippen LogP contribution is -2.32. The van der Waals surface area contributed by atoms with Gasteiger partial charge in [0.25, 0.3) is 0 Å². The average molecular weight is 251 g/mol. The molecule has 1 aromatic carbocycles. The van der Waals surface area contributed by atoms with E-state index in [2.05, 4.69) is 20.8 Å². The molecule has 0 radical (unpaired) electrons. The second-order valence-corrected chi connectivity index (χ2v) is 5.43. The van der Waals surface area contributed by atoms with E-state index in [1.165, 1.54) is 0 Å². The third kappa shape index (κ3) is 3.47. The highest BCUT2D eigenvalue weighted by molar-refractivity contribution is 5.73. The molecular weight excluding hydrogens is 230 g/mol. The first-order chi connectivity index (χ1) is 8.25. The molecule has 0 unspecified atom stereocenters. The molecule has 0 heterocycles. The molecule has 3 N–H and O–H groups in total. The van der Waals surface area contributed by atoms with Crippen molar-refractivity contribution >= 4 is 5.97 Å².